The van der Waals surface area contributed by atoms with E-state index >= 15 is 0 Å². The summed E-state index contributed by atoms with van der Waals surface area (Å²) < 4.78 is 7.65. The molecule has 0 unspecified atom stereocenters. The van der Waals surface area contributed by atoms with Gasteiger partial charge in [0.2, 0.25) is 0 Å². The number of benzene rings is 15. The fourth-order valence-electron chi connectivity index (χ4n) is 15.9. The third kappa shape index (κ3) is 8.52. The first-order valence-electron chi connectivity index (χ1n) is 33.0. The second-order valence-electron chi connectivity index (χ2n) is 25.4. The number of hydrogen-bond donors (Lipinski definition) is 0. The van der Waals surface area contributed by atoms with Gasteiger partial charge in [0.05, 0.1) is 22.4 Å². The Morgan fingerprint density at radius 3 is 1.11 bits per heavy atom. The molecule has 20 rings (SSSR count). The fourth-order valence-corrected chi connectivity index (χ4v) is 18.1. The number of thiophene rings is 2. The SMILES string of the molecule is c1ccc(-c2cccc(-c3ccccc3)c2N2c3ccc(-c4ccc5sc6ccccc6c5c4)cc3B3c4ccc(-n5c6ccccc6c6ccccc65)cc4N(c4c(-c5ccccc5)cccc4-c4ccccc4)c4cc(-c5ccc6sc7ccccc7c6c5)cc2c43)cc1. The first-order valence-corrected chi connectivity index (χ1v) is 34.6. The summed E-state index contributed by atoms with van der Waals surface area (Å²) in [6, 6.07) is 128. The molecule has 2 aliphatic heterocycles. The van der Waals surface area contributed by atoms with Gasteiger partial charge in [-0.25, -0.2) is 0 Å². The van der Waals surface area contributed by atoms with Gasteiger partial charge in [-0.1, -0.05) is 261 Å². The van der Waals surface area contributed by atoms with Crippen LogP contribution in [0.2, 0.25) is 0 Å². The quantitative estimate of drug-likeness (QED) is 0.133. The molecular formula is C90H56BN3S2. The molecule has 96 heavy (non-hydrogen) atoms. The monoisotopic (exact) mass is 1250 g/mol. The van der Waals surface area contributed by atoms with Crippen molar-refractivity contribution in [3.63, 3.8) is 0 Å². The molecule has 3 nitrogen and oxygen atoms in total. The van der Waals surface area contributed by atoms with E-state index in [-0.39, 0.29) is 6.71 Å². The molecule has 0 saturated carbocycles. The van der Waals surface area contributed by atoms with Gasteiger partial charge in [0.1, 0.15) is 0 Å². The zero-order valence-corrected chi connectivity index (χ0v) is 53.7. The highest BCUT2D eigenvalue weighted by Gasteiger charge is 2.46. The smallest absolute Gasteiger partial charge is 0.252 e. The number of para-hydroxylation sites is 4. The Bertz CT molecular complexity index is 6000. The van der Waals surface area contributed by atoms with Crippen LogP contribution in [-0.4, -0.2) is 11.3 Å². The van der Waals surface area contributed by atoms with Crippen molar-refractivity contribution in [2.24, 2.45) is 0 Å². The van der Waals surface area contributed by atoms with Crippen LogP contribution in [-0.2, 0) is 0 Å². The van der Waals surface area contributed by atoms with Crippen LogP contribution < -0.4 is 26.2 Å². The van der Waals surface area contributed by atoms with Crippen molar-refractivity contribution in [1.29, 1.82) is 0 Å². The Kier molecular flexibility index (Phi) is 12.5. The Balaban J connectivity index is 0.961. The summed E-state index contributed by atoms with van der Waals surface area (Å²) >= 11 is 3.74. The highest BCUT2D eigenvalue weighted by Crippen LogP contribution is 2.55. The van der Waals surface area contributed by atoms with Gasteiger partial charge in [-0.05, 0) is 140 Å². The van der Waals surface area contributed by atoms with E-state index in [0.29, 0.717) is 0 Å². The normalized spacial score (nSPS) is 12.5. The highest BCUT2D eigenvalue weighted by molar-refractivity contribution is 7.26. The van der Waals surface area contributed by atoms with Crippen LogP contribution in [0, 0.1) is 0 Å². The molecule has 0 aliphatic carbocycles. The predicted molar refractivity (Wildman–Crippen MR) is 413 cm³/mol. The molecule has 2 aliphatic rings. The molecule has 18 aromatic rings. The van der Waals surface area contributed by atoms with Gasteiger partial charge in [-0.3, -0.25) is 0 Å². The van der Waals surface area contributed by atoms with Crippen LogP contribution in [0.15, 0.2) is 340 Å². The van der Waals surface area contributed by atoms with Crippen molar-refractivity contribution in [2.45, 2.75) is 0 Å². The molecule has 15 aromatic carbocycles. The first kappa shape index (κ1) is 54.7. The standard InChI is InChI=1S/C90H56BN3S2/c1-5-23-57(24-6-1)66-35-21-36-67(58-25-7-2-8-26-58)89(66)93-80-48-43-63(61-44-49-86-74(51-61)72-33-15-19-41-84(72)95-86)53-77(80)91-76-47-46-65(92-78-39-17-13-31-70(78)71-32-14-18-40-79(71)92)56-81(76)94(90-68(59-27-9-3-10-28-59)37-22-38-69(90)60-29-11-4-12-30-60)83-55-64(54-82(93)88(83)91)62-45-50-87-75(52-62)73-34-16-20-42-85(73)96-87/h1-56H. The van der Waals surface area contributed by atoms with Gasteiger partial charge >= 0.3 is 0 Å². The molecule has 0 saturated heterocycles. The van der Waals surface area contributed by atoms with Crippen molar-refractivity contribution in [3.05, 3.63) is 340 Å². The minimum Gasteiger partial charge on any atom is -0.310 e. The van der Waals surface area contributed by atoms with E-state index in [0.717, 1.165) is 95.4 Å². The van der Waals surface area contributed by atoms with Crippen LogP contribution in [0.3, 0.4) is 0 Å². The Hall–Kier alpha value is -11.8. The molecule has 446 valence electrons. The van der Waals surface area contributed by atoms with E-state index in [1.165, 1.54) is 89.7 Å². The van der Waals surface area contributed by atoms with Gasteiger partial charge in [0.15, 0.2) is 0 Å². The molecule has 5 heterocycles. The zero-order valence-electron chi connectivity index (χ0n) is 52.1. The molecule has 0 atom stereocenters. The summed E-state index contributed by atoms with van der Waals surface area (Å²) in [5.41, 5.74) is 27.7. The molecule has 0 spiro atoms. The van der Waals surface area contributed by atoms with Gasteiger partial charge in [-0.2, -0.15) is 0 Å². The topological polar surface area (TPSA) is 11.4 Å². The van der Waals surface area contributed by atoms with Crippen LogP contribution in [0.25, 0.3) is 135 Å². The van der Waals surface area contributed by atoms with Crippen LogP contribution in [0.5, 0.6) is 0 Å². The summed E-state index contributed by atoms with van der Waals surface area (Å²) in [5.74, 6) is 0. The Morgan fingerprint density at radius 1 is 0.229 bits per heavy atom. The van der Waals surface area contributed by atoms with E-state index < -0.39 is 0 Å². The maximum absolute atomic E-state index is 2.69. The largest absolute Gasteiger partial charge is 0.310 e. The zero-order chi connectivity index (χ0) is 63.0. The minimum absolute atomic E-state index is 0.240. The molecule has 0 fully saturated rings. The summed E-state index contributed by atoms with van der Waals surface area (Å²) in [7, 11) is 0. The van der Waals surface area contributed by atoms with E-state index in [9.17, 15) is 0 Å². The third-order valence-corrected chi connectivity index (χ3v) is 22.5. The maximum atomic E-state index is 2.69. The summed E-state index contributed by atoms with van der Waals surface area (Å²) in [4.78, 5) is 5.37. The van der Waals surface area contributed by atoms with Crippen molar-refractivity contribution >= 4 is 142 Å². The van der Waals surface area contributed by atoms with Gasteiger partial charge in [-0.15, -0.1) is 22.7 Å². The summed E-state index contributed by atoms with van der Waals surface area (Å²) in [6.07, 6.45) is 0. The van der Waals surface area contributed by atoms with Crippen LogP contribution in [0.4, 0.5) is 34.1 Å². The third-order valence-electron chi connectivity index (χ3n) is 20.2. The average molecular weight is 1250 g/mol. The summed E-state index contributed by atoms with van der Waals surface area (Å²) in [6.45, 7) is -0.240. The number of rotatable bonds is 9. The molecule has 0 radical (unpaired) electrons. The molecular weight excluding hydrogens is 1200 g/mol. The number of hydrogen-bond acceptors (Lipinski definition) is 4. The van der Waals surface area contributed by atoms with Crippen molar-refractivity contribution in [1.82, 2.24) is 4.57 Å². The van der Waals surface area contributed by atoms with E-state index in [1.54, 1.807) is 0 Å². The molecule has 6 heteroatoms. The van der Waals surface area contributed by atoms with Gasteiger partial charge < -0.3 is 14.4 Å². The lowest BCUT2D eigenvalue weighted by atomic mass is 9.33. The Labute approximate surface area is 564 Å². The maximum Gasteiger partial charge on any atom is 0.252 e. The van der Waals surface area contributed by atoms with Crippen LogP contribution >= 0.6 is 22.7 Å². The molecule has 0 amide bonds. The molecule has 0 N–H and O–H groups in total. The first-order chi connectivity index (χ1) is 47.6. The Morgan fingerprint density at radius 2 is 0.625 bits per heavy atom. The highest BCUT2D eigenvalue weighted by atomic mass is 32.1. The number of fused-ring (bicyclic) bond motifs is 13. The van der Waals surface area contributed by atoms with E-state index in [4.69, 9.17) is 0 Å². The molecule has 3 aromatic heterocycles. The molecule has 0 bridgehead atoms. The number of nitrogens with zero attached hydrogens (tertiary/aromatic N) is 3. The second-order valence-corrected chi connectivity index (χ2v) is 27.6. The van der Waals surface area contributed by atoms with Crippen LogP contribution in [0.1, 0.15) is 0 Å². The number of anilines is 6. The predicted octanol–water partition coefficient (Wildman–Crippen LogP) is 23.6. The van der Waals surface area contributed by atoms with E-state index in [2.05, 4.69) is 354 Å². The van der Waals surface area contributed by atoms with Crippen molar-refractivity contribution < 1.29 is 0 Å². The fraction of sp³-hybridized carbons (Fsp3) is 0. The lowest BCUT2D eigenvalue weighted by Crippen LogP contribution is -2.61. The second kappa shape index (κ2) is 21.9. The minimum atomic E-state index is -0.240. The van der Waals surface area contributed by atoms with Gasteiger partial charge in [0, 0.05) is 102 Å². The lowest BCUT2D eigenvalue weighted by Gasteiger charge is -2.46. The van der Waals surface area contributed by atoms with Crippen molar-refractivity contribution in [2.75, 3.05) is 9.80 Å². The van der Waals surface area contributed by atoms with Crippen molar-refractivity contribution in [3.8, 4) is 72.4 Å². The summed E-state index contributed by atoms with van der Waals surface area (Å²) in [5, 5.41) is 7.57. The van der Waals surface area contributed by atoms with Gasteiger partial charge in [0.25, 0.3) is 6.71 Å². The average Bonchev–Trinajstić information content (AvgIpc) is 0.824. The van der Waals surface area contributed by atoms with E-state index in [1.807, 2.05) is 22.7 Å². The number of aromatic nitrogens is 1. The lowest BCUT2D eigenvalue weighted by molar-refractivity contribution is 1.17.